The van der Waals surface area contributed by atoms with Gasteiger partial charge in [-0.05, 0) is 23.8 Å². The molecule has 0 spiro atoms. The van der Waals surface area contributed by atoms with E-state index >= 15 is 0 Å². The van der Waals surface area contributed by atoms with Crippen LogP contribution in [0.2, 0.25) is 5.02 Å². The Labute approximate surface area is 149 Å². The van der Waals surface area contributed by atoms with Gasteiger partial charge in [0.1, 0.15) is 5.69 Å². The first-order valence-corrected chi connectivity index (χ1v) is 7.98. The van der Waals surface area contributed by atoms with Gasteiger partial charge in [0.05, 0.1) is 5.52 Å². The van der Waals surface area contributed by atoms with Gasteiger partial charge in [0, 0.05) is 29.8 Å². The molecule has 0 bridgehead atoms. The van der Waals surface area contributed by atoms with Crippen LogP contribution in [0.3, 0.4) is 0 Å². The lowest BCUT2D eigenvalue weighted by Crippen LogP contribution is -2.12. The van der Waals surface area contributed by atoms with Gasteiger partial charge >= 0.3 is 5.97 Å². The van der Waals surface area contributed by atoms with E-state index in [4.69, 9.17) is 16.3 Å². The summed E-state index contributed by atoms with van der Waals surface area (Å²) in [5.74, 6) is -0.767. The molecule has 1 amide bonds. The van der Waals surface area contributed by atoms with Crippen LogP contribution in [0, 0.1) is 0 Å². The average Bonchev–Trinajstić information content (AvgIpc) is 2.55. The molecule has 6 heteroatoms. The molecule has 1 N–H and O–H groups in total. The van der Waals surface area contributed by atoms with E-state index in [1.807, 2.05) is 30.3 Å². The lowest BCUT2D eigenvalue weighted by Gasteiger charge is -2.17. The number of nitrogens with one attached hydrogen (secondary N) is 1. The van der Waals surface area contributed by atoms with Crippen LogP contribution in [0.1, 0.15) is 13.8 Å². The number of aromatic nitrogens is 1. The highest BCUT2D eigenvalue weighted by atomic mass is 35.5. The number of halogens is 1. The average molecular weight is 355 g/mol. The summed E-state index contributed by atoms with van der Waals surface area (Å²) in [6, 6.07) is 14.7. The highest BCUT2D eigenvalue weighted by molar-refractivity contribution is 6.31. The van der Waals surface area contributed by atoms with Crippen LogP contribution in [0.15, 0.2) is 48.5 Å². The standard InChI is InChI=1S/C19H15ClN2O3/c1-11(23)21-18-17(13-6-4-3-5-7-13)15-10-14(20)8-9-16(15)22-19(18)25-12(2)24/h3-10H,1-2H3,(H,21,23). The van der Waals surface area contributed by atoms with Gasteiger partial charge in [-0.15, -0.1) is 0 Å². The second-order valence-corrected chi connectivity index (χ2v) is 5.91. The molecule has 0 aliphatic carbocycles. The van der Waals surface area contributed by atoms with Gasteiger partial charge in [0.25, 0.3) is 0 Å². The summed E-state index contributed by atoms with van der Waals surface area (Å²) in [5, 5.41) is 4.03. The topological polar surface area (TPSA) is 68.3 Å². The number of carbonyl (C=O) groups is 2. The first-order valence-electron chi connectivity index (χ1n) is 7.60. The fourth-order valence-corrected chi connectivity index (χ4v) is 2.79. The van der Waals surface area contributed by atoms with Crippen molar-refractivity contribution in [3.8, 4) is 17.0 Å². The predicted molar refractivity (Wildman–Crippen MR) is 97.8 cm³/mol. The minimum atomic E-state index is -0.522. The van der Waals surface area contributed by atoms with E-state index in [0.717, 1.165) is 10.9 Å². The molecule has 0 aliphatic heterocycles. The number of hydrogen-bond donors (Lipinski definition) is 1. The Morgan fingerprint density at radius 3 is 2.44 bits per heavy atom. The summed E-state index contributed by atoms with van der Waals surface area (Å²) in [7, 11) is 0. The molecule has 0 fully saturated rings. The smallest absolute Gasteiger partial charge is 0.309 e. The number of carbonyl (C=O) groups excluding carboxylic acids is 2. The molecular formula is C19H15ClN2O3. The molecule has 0 saturated carbocycles. The molecule has 0 radical (unpaired) electrons. The molecule has 2 aromatic carbocycles. The molecule has 0 saturated heterocycles. The second kappa shape index (κ2) is 6.91. The van der Waals surface area contributed by atoms with E-state index < -0.39 is 5.97 Å². The van der Waals surface area contributed by atoms with E-state index in [2.05, 4.69) is 10.3 Å². The lowest BCUT2D eigenvalue weighted by molar-refractivity contribution is -0.132. The third-order valence-electron chi connectivity index (χ3n) is 3.52. The number of hydrogen-bond acceptors (Lipinski definition) is 4. The molecule has 0 unspecified atom stereocenters. The number of rotatable bonds is 3. The van der Waals surface area contributed by atoms with E-state index in [1.165, 1.54) is 13.8 Å². The van der Waals surface area contributed by atoms with Gasteiger partial charge < -0.3 is 10.1 Å². The van der Waals surface area contributed by atoms with Crippen molar-refractivity contribution in [2.24, 2.45) is 0 Å². The number of pyridine rings is 1. The Balaban J connectivity index is 2.42. The quantitative estimate of drug-likeness (QED) is 0.706. The Bertz CT molecular complexity index is 971. The van der Waals surface area contributed by atoms with Crippen LogP contribution in [0.4, 0.5) is 5.69 Å². The van der Waals surface area contributed by atoms with Gasteiger partial charge in [-0.1, -0.05) is 41.9 Å². The Hall–Kier alpha value is -2.92. The molecular weight excluding hydrogens is 340 g/mol. The summed E-state index contributed by atoms with van der Waals surface area (Å²) in [6.45, 7) is 2.67. The van der Waals surface area contributed by atoms with Crippen LogP contribution < -0.4 is 10.1 Å². The number of amides is 1. The van der Waals surface area contributed by atoms with Crippen LogP contribution in [-0.4, -0.2) is 16.9 Å². The van der Waals surface area contributed by atoms with Crippen LogP contribution in [-0.2, 0) is 9.59 Å². The zero-order valence-corrected chi connectivity index (χ0v) is 14.4. The maximum Gasteiger partial charge on any atom is 0.309 e. The van der Waals surface area contributed by atoms with Crippen molar-refractivity contribution in [1.82, 2.24) is 4.98 Å². The first-order chi connectivity index (χ1) is 12.0. The van der Waals surface area contributed by atoms with Crippen molar-refractivity contribution < 1.29 is 14.3 Å². The van der Waals surface area contributed by atoms with Crippen molar-refractivity contribution in [2.45, 2.75) is 13.8 Å². The lowest BCUT2D eigenvalue weighted by atomic mass is 9.99. The van der Waals surface area contributed by atoms with Gasteiger partial charge in [-0.2, -0.15) is 0 Å². The molecule has 1 aromatic heterocycles. The van der Waals surface area contributed by atoms with Crippen molar-refractivity contribution in [3.05, 3.63) is 53.6 Å². The highest BCUT2D eigenvalue weighted by Crippen LogP contribution is 2.41. The molecule has 3 aromatic rings. The monoisotopic (exact) mass is 354 g/mol. The Kier molecular flexibility index (Phi) is 4.67. The van der Waals surface area contributed by atoms with Crippen molar-refractivity contribution in [2.75, 3.05) is 5.32 Å². The third-order valence-corrected chi connectivity index (χ3v) is 3.75. The zero-order chi connectivity index (χ0) is 18.0. The summed E-state index contributed by atoms with van der Waals surface area (Å²) < 4.78 is 5.25. The Morgan fingerprint density at radius 1 is 1.08 bits per heavy atom. The fraction of sp³-hybridized carbons (Fsp3) is 0.105. The maximum absolute atomic E-state index is 11.7. The molecule has 3 rings (SSSR count). The number of fused-ring (bicyclic) bond motifs is 1. The fourth-order valence-electron chi connectivity index (χ4n) is 2.62. The summed E-state index contributed by atoms with van der Waals surface area (Å²) >= 11 is 6.16. The molecule has 1 heterocycles. The molecule has 0 aliphatic rings. The van der Waals surface area contributed by atoms with Crippen molar-refractivity contribution in [1.29, 1.82) is 0 Å². The number of ether oxygens (including phenoxy) is 1. The minimum absolute atomic E-state index is 0.0522. The van der Waals surface area contributed by atoms with Gasteiger partial charge in [0.15, 0.2) is 0 Å². The number of benzene rings is 2. The number of nitrogens with zero attached hydrogens (tertiary/aromatic N) is 1. The van der Waals surface area contributed by atoms with Gasteiger partial charge in [-0.25, -0.2) is 4.98 Å². The van der Waals surface area contributed by atoms with Crippen LogP contribution in [0.25, 0.3) is 22.0 Å². The highest BCUT2D eigenvalue weighted by Gasteiger charge is 2.20. The third kappa shape index (κ3) is 3.61. The van der Waals surface area contributed by atoms with Gasteiger partial charge in [0.2, 0.25) is 11.8 Å². The predicted octanol–water partition coefficient (Wildman–Crippen LogP) is 4.44. The number of esters is 1. The maximum atomic E-state index is 11.7. The zero-order valence-electron chi connectivity index (χ0n) is 13.7. The molecule has 0 atom stereocenters. The summed E-state index contributed by atoms with van der Waals surface area (Å²) in [5.41, 5.74) is 2.48. The van der Waals surface area contributed by atoms with Gasteiger partial charge in [-0.3, -0.25) is 9.59 Å². The van der Waals surface area contributed by atoms with E-state index in [0.29, 0.717) is 21.8 Å². The van der Waals surface area contributed by atoms with Crippen LogP contribution in [0.5, 0.6) is 5.88 Å². The van der Waals surface area contributed by atoms with E-state index in [1.54, 1.807) is 18.2 Å². The second-order valence-electron chi connectivity index (χ2n) is 5.47. The minimum Gasteiger partial charge on any atom is -0.405 e. The van der Waals surface area contributed by atoms with E-state index in [9.17, 15) is 9.59 Å². The normalized spacial score (nSPS) is 10.5. The van der Waals surface area contributed by atoms with E-state index in [-0.39, 0.29) is 11.8 Å². The molecule has 126 valence electrons. The molecule has 5 nitrogen and oxygen atoms in total. The summed E-state index contributed by atoms with van der Waals surface area (Å²) in [6.07, 6.45) is 0. The largest absolute Gasteiger partial charge is 0.405 e. The Morgan fingerprint density at radius 2 is 1.80 bits per heavy atom. The first kappa shape index (κ1) is 16.9. The van der Waals surface area contributed by atoms with Crippen LogP contribution >= 0.6 is 11.6 Å². The van der Waals surface area contributed by atoms with Crippen molar-refractivity contribution >= 4 is 40.1 Å². The summed E-state index contributed by atoms with van der Waals surface area (Å²) in [4.78, 5) is 27.6. The van der Waals surface area contributed by atoms with Crippen molar-refractivity contribution in [3.63, 3.8) is 0 Å². The SMILES string of the molecule is CC(=O)Nc1c(OC(C)=O)nc2ccc(Cl)cc2c1-c1ccccc1. The molecule has 25 heavy (non-hydrogen) atoms. The number of anilines is 1.